The van der Waals surface area contributed by atoms with E-state index in [2.05, 4.69) is 11.7 Å². The van der Waals surface area contributed by atoms with Crippen LogP contribution >= 0.6 is 0 Å². The van der Waals surface area contributed by atoms with Gasteiger partial charge in [-0.25, -0.2) is 9.59 Å². The van der Waals surface area contributed by atoms with Crippen LogP contribution in [0.1, 0.15) is 58.3 Å². The zero-order chi connectivity index (χ0) is 28.0. The molecule has 0 atom stereocenters. The van der Waals surface area contributed by atoms with Crippen molar-refractivity contribution in [1.29, 1.82) is 0 Å². The fraction of sp³-hybridized carbons (Fsp3) is 0.448. The lowest BCUT2D eigenvalue weighted by atomic mass is 9.82. The summed E-state index contributed by atoms with van der Waals surface area (Å²) in [5.41, 5.74) is 0. The second-order valence-electron chi connectivity index (χ2n) is 9.15. The summed E-state index contributed by atoms with van der Waals surface area (Å²) in [5.74, 6) is -0.198. The minimum absolute atomic E-state index is 0.263. The maximum atomic E-state index is 12.6. The summed E-state index contributed by atoms with van der Waals surface area (Å²) in [6.07, 6.45) is 4.37. The average molecular weight is 543 g/mol. The fourth-order valence-electron chi connectivity index (χ4n) is 4.06. The first-order valence-corrected chi connectivity index (χ1v) is 13.1. The lowest BCUT2D eigenvalue weighted by Crippen LogP contribution is -2.30. The van der Waals surface area contributed by atoms with Gasteiger partial charge in [0.2, 0.25) is 0 Å². The Morgan fingerprint density at radius 1 is 0.615 bits per heavy atom. The van der Waals surface area contributed by atoms with Crippen molar-refractivity contribution in [2.45, 2.75) is 58.3 Å². The molecule has 0 unspecified atom stereocenters. The number of carbonyl (C=O) groups is 4. The number of ether oxygens (including phenoxy) is 6. The number of hydrogen-bond acceptors (Lipinski definition) is 10. The quantitative estimate of drug-likeness (QED) is 0.139. The standard InChI is InChI=1S/C29H34O10/c1-3-4-5-6-19-35-29(33)39-25-17-13-23(14-18-25)37-27(31)21-9-7-20(8-10-21)26(30)36-22-11-15-24(16-12-22)38-28(32)34-2/h11-18,20-21H,3-10,19H2,1-2H3. The van der Waals surface area contributed by atoms with E-state index in [1.165, 1.54) is 43.5 Å². The molecule has 1 fully saturated rings. The highest BCUT2D eigenvalue weighted by molar-refractivity contribution is 5.78. The molecule has 1 aliphatic rings. The number of esters is 2. The highest BCUT2D eigenvalue weighted by atomic mass is 16.7. The predicted molar refractivity (Wildman–Crippen MR) is 139 cm³/mol. The number of rotatable bonds is 11. The van der Waals surface area contributed by atoms with Crippen LogP contribution in [0.3, 0.4) is 0 Å². The molecule has 1 saturated carbocycles. The molecule has 2 aromatic carbocycles. The van der Waals surface area contributed by atoms with Gasteiger partial charge in [0.05, 0.1) is 25.6 Å². The van der Waals surface area contributed by atoms with Crippen LogP contribution in [-0.2, 0) is 19.1 Å². The molecular weight excluding hydrogens is 508 g/mol. The Kier molecular flexibility index (Phi) is 11.6. The van der Waals surface area contributed by atoms with Gasteiger partial charge >= 0.3 is 24.2 Å². The van der Waals surface area contributed by atoms with E-state index >= 15 is 0 Å². The van der Waals surface area contributed by atoms with Crippen molar-refractivity contribution < 1.29 is 47.6 Å². The lowest BCUT2D eigenvalue weighted by molar-refractivity contribution is -0.145. The lowest BCUT2D eigenvalue weighted by Gasteiger charge is -2.25. The molecule has 3 rings (SSSR count). The van der Waals surface area contributed by atoms with Crippen molar-refractivity contribution in [3.63, 3.8) is 0 Å². The van der Waals surface area contributed by atoms with Crippen molar-refractivity contribution in [2.75, 3.05) is 13.7 Å². The van der Waals surface area contributed by atoms with Gasteiger partial charge in [0.25, 0.3) is 0 Å². The largest absolute Gasteiger partial charge is 0.513 e. The van der Waals surface area contributed by atoms with Crippen LogP contribution in [0, 0.1) is 11.8 Å². The predicted octanol–water partition coefficient (Wildman–Crippen LogP) is 6.24. The third kappa shape index (κ3) is 9.96. The minimum atomic E-state index is -0.841. The van der Waals surface area contributed by atoms with Crippen molar-refractivity contribution in [3.05, 3.63) is 48.5 Å². The van der Waals surface area contributed by atoms with Crippen molar-refractivity contribution in [1.82, 2.24) is 0 Å². The average Bonchev–Trinajstić information content (AvgIpc) is 2.95. The SMILES string of the molecule is CCCCCCOC(=O)Oc1ccc(OC(=O)C2CCC(C(=O)Oc3ccc(OC(=O)OC)cc3)CC2)cc1. The summed E-state index contributed by atoms with van der Waals surface area (Å²) < 4.78 is 30.4. The molecule has 0 aliphatic heterocycles. The minimum Gasteiger partial charge on any atom is -0.437 e. The molecule has 0 radical (unpaired) electrons. The van der Waals surface area contributed by atoms with Crippen LogP contribution in [-0.4, -0.2) is 38.0 Å². The molecule has 0 amide bonds. The van der Waals surface area contributed by atoms with Crippen LogP contribution in [0.25, 0.3) is 0 Å². The molecule has 0 saturated heterocycles. The Hall–Kier alpha value is -4.08. The van der Waals surface area contributed by atoms with Gasteiger partial charge in [0.1, 0.15) is 23.0 Å². The summed E-state index contributed by atoms with van der Waals surface area (Å²) in [5, 5.41) is 0. The number of methoxy groups -OCH3 is 1. The molecule has 0 aromatic heterocycles. The molecule has 0 heterocycles. The Labute approximate surface area is 227 Å². The van der Waals surface area contributed by atoms with E-state index in [1.807, 2.05) is 0 Å². The summed E-state index contributed by atoms with van der Waals surface area (Å²) in [6, 6.07) is 12.2. The Morgan fingerprint density at radius 3 is 1.44 bits per heavy atom. The second-order valence-corrected chi connectivity index (χ2v) is 9.15. The van der Waals surface area contributed by atoms with Crippen molar-refractivity contribution >= 4 is 24.2 Å². The maximum Gasteiger partial charge on any atom is 0.513 e. The zero-order valence-electron chi connectivity index (χ0n) is 22.2. The Bertz CT molecular complexity index is 1090. The van der Waals surface area contributed by atoms with Gasteiger partial charge in [-0.3, -0.25) is 9.59 Å². The smallest absolute Gasteiger partial charge is 0.437 e. The fourth-order valence-corrected chi connectivity index (χ4v) is 4.06. The van der Waals surface area contributed by atoms with Gasteiger partial charge in [0.15, 0.2) is 0 Å². The van der Waals surface area contributed by atoms with E-state index in [0.29, 0.717) is 43.8 Å². The molecule has 0 bridgehead atoms. The molecule has 10 heteroatoms. The summed E-state index contributed by atoms with van der Waals surface area (Å²) in [6.45, 7) is 2.42. The van der Waals surface area contributed by atoms with Crippen LogP contribution < -0.4 is 18.9 Å². The topological polar surface area (TPSA) is 124 Å². The zero-order valence-corrected chi connectivity index (χ0v) is 22.2. The van der Waals surface area contributed by atoms with Gasteiger partial charge in [-0.15, -0.1) is 0 Å². The van der Waals surface area contributed by atoms with Gasteiger partial charge in [0, 0.05) is 0 Å². The van der Waals surface area contributed by atoms with Gasteiger partial charge < -0.3 is 28.4 Å². The van der Waals surface area contributed by atoms with Crippen LogP contribution in [0.15, 0.2) is 48.5 Å². The molecule has 39 heavy (non-hydrogen) atoms. The Balaban J connectivity index is 1.38. The normalized spacial score (nSPS) is 16.5. The van der Waals surface area contributed by atoms with Gasteiger partial charge in [-0.1, -0.05) is 26.2 Å². The van der Waals surface area contributed by atoms with E-state index in [-0.39, 0.29) is 35.3 Å². The van der Waals surface area contributed by atoms with E-state index in [0.717, 1.165) is 25.7 Å². The second kappa shape index (κ2) is 15.4. The number of carbonyl (C=O) groups excluding carboxylic acids is 4. The highest BCUT2D eigenvalue weighted by Crippen LogP contribution is 2.32. The van der Waals surface area contributed by atoms with Crippen LogP contribution in [0.2, 0.25) is 0 Å². The monoisotopic (exact) mass is 542 g/mol. The Morgan fingerprint density at radius 2 is 1.03 bits per heavy atom. The number of hydrogen-bond donors (Lipinski definition) is 0. The van der Waals surface area contributed by atoms with E-state index in [4.69, 9.17) is 23.7 Å². The molecule has 0 spiro atoms. The third-order valence-corrected chi connectivity index (χ3v) is 6.27. The third-order valence-electron chi connectivity index (χ3n) is 6.27. The summed E-state index contributed by atoms with van der Waals surface area (Å²) in [4.78, 5) is 48.1. The van der Waals surface area contributed by atoms with Crippen molar-refractivity contribution in [2.24, 2.45) is 11.8 Å². The molecule has 10 nitrogen and oxygen atoms in total. The van der Waals surface area contributed by atoms with E-state index in [1.54, 1.807) is 12.1 Å². The van der Waals surface area contributed by atoms with Crippen LogP contribution in [0.5, 0.6) is 23.0 Å². The van der Waals surface area contributed by atoms with Crippen LogP contribution in [0.4, 0.5) is 9.59 Å². The number of benzene rings is 2. The molecule has 2 aromatic rings. The summed E-state index contributed by atoms with van der Waals surface area (Å²) >= 11 is 0. The van der Waals surface area contributed by atoms with Gasteiger partial charge in [-0.05, 0) is 80.6 Å². The first-order chi connectivity index (χ1) is 18.9. The molecule has 1 aliphatic carbocycles. The molecule has 0 N–H and O–H groups in total. The van der Waals surface area contributed by atoms with Gasteiger partial charge in [-0.2, -0.15) is 0 Å². The van der Waals surface area contributed by atoms with E-state index in [9.17, 15) is 19.2 Å². The first-order valence-electron chi connectivity index (χ1n) is 13.1. The molecule has 210 valence electrons. The first kappa shape index (κ1) is 29.5. The number of unbranched alkanes of at least 4 members (excludes halogenated alkanes) is 3. The maximum absolute atomic E-state index is 12.6. The summed E-state index contributed by atoms with van der Waals surface area (Å²) in [7, 11) is 1.21. The van der Waals surface area contributed by atoms with Crippen molar-refractivity contribution in [3.8, 4) is 23.0 Å². The van der Waals surface area contributed by atoms with E-state index < -0.39 is 12.3 Å². The molecular formula is C29H34O10. The highest BCUT2D eigenvalue weighted by Gasteiger charge is 2.32.